The smallest absolute Gasteiger partial charge is 0.286 e. The maximum atomic E-state index is 13.2. The number of likely N-dealkylation sites (N-methyl/N-ethyl adjacent to an activating group) is 1. The number of amides is 1. The maximum absolute atomic E-state index is 13.2. The Morgan fingerprint density at radius 2 is 1.50 bits per heavy atom. The highest BCUT2D eigenvalue weighted by Crippen LogP contribution is 2.47. The first-order valence-corrected chi connectivity index (χ1v) is 9.00. The number of nitrogens with zero attached hydrogens (tertiary/aromatic N) is 2. The highest BCUT2D eigenvalue weighted by Gasteiger charge is 2.35. The van der Waals surface area contributed by atoms with Gasteiger partial charge < -0.3 is 21.5 Å². The molecule has 126 valence electrons. The number of likely N-dealkylation sites (tertiary alicyclic amines) is 1. The molecule has 1 saturated heterocycles. The molecule has 2 aromatic rings. The molecule has 24 heavy (non-hydrogen) atoms. The van der Waals surface area contributed by atoms with Crippen LogP contribution in [0.1, 0.15) is 12.8 Å². The second-order valence-electron chi connectivity index (χ2n) is 6.70. The third-order valence-electron chi connectivity index (χ3n) is 4.84. The molecule has 1 amide bonds. The van der Waals surface area contributed by atoms with Crippen LogP contribution < -0.4 is 21.9 Å². The Morgan fingerprint density at radius 1 is 1.00 bits per heavy atom. The Balaban J connectivity index is 0.00000169. The number of para-hydroxylation sites is 2. The number of benzene rings is 2. The van der Waals surface area contributed by atoms with Crippen molar-refractivity contribution in [3.8, 4) is 0 Å². The van der Waals surface area contributed by atoms with E-state index in [0.29, 0.717) is 6.54 Å². The Hall–Kier alpha value is -1.30. The second-order valence-corrected chi connectivity index (χ2v) is 7.78. The average molecular weight is 405 g/mol. The van der Waals surface area contributed by atoms with Gasteiger partial charge in [-0.3, -0.25) is 9.69 Å². The first-order valence-electron chi connectivity index (χ1n) is 8.19. The van der Waals surface area contributed by atoms with Gasteiger partial charge in [0, 0.05) is 22.6 Å². The minimum absolute atomic E-state index is 0. The number of carbonyl (C=O) groups excluding carboxylic acids is 1. The van der Waals surface area contributed by atoms with E-state index in [4.69, 9.17) is 0 Å². The van der Waals surface area contributed by atoms with E-state index in [1.54, 1.807) is 11.8 Å². The number of anilines is 2. The third-order valence-corrected chi connectivity index (χ3v) is 5.97. The van der Waals surface area contributed by atoms with Gasteiger partial charge in [0.25, 0.3) is 5.91 Å². The SMILES string of the molecule is C[N+]1(CC(=O)N2c3ccccc3Sc3ccccc32)CCCC1.[Br-]. The molecule has 0 radical (unpaired) electrons. The van der Waals surface area contributed by atoms with E-state index < -0.39 is 0 Å². The van der Waals surface area contributed by atoms with Crippen LogP contribution in [0.15, 0.2) is 58.3 Å². The molecule has 3 nitrogen and oxygen atoms in total. The molecule has 0 atom stereocenters. The van der Waals surface area contributed by atoms with Crippen molar-refractivity contribution in [2.75, 3.05) is 31.6 Å². The average Bonchev–Trinajstić information content (AvgIpc) is 2.98. The fourth-order valence-electron chi connectivity index (χ4n) is 3.63. The summed E-state index contributed by atoms with van der Waals surface area (Å²) in [5.74, 6) is 0.203. The van der Waals surface area contributed by atoms with Gasteiger partial charge >= 0.3 is 0 Å². The quantitative estimate of drug-likeness (QED) is 0.697. The molecule has 0 aromatic heterocycles. The van der Waals surface area contributed by atoms with E-state index in [1.165, 1.54) is 12.8 Å². The first kappa shape index (κ1) is 17.5. The van der Waals surface area contributed by atoms with Crippen LogP contribution in [-0.2, 0) is 4.79 Å². The molecule has 0 N–H and O–H groups in total. The van der Waals surface area contributed by atoms with Crippen LogP contribution in [0.2, 0.25) is 0 Å². The van der Waals surface area contributed by atoms with Crippen molar-refractivity contribution in [1.82, 2.24) is 0 Å². The number of hydrogen-bond acceptors (Lipinski definition) is 2. The summed E-state index contributed by atoms with van der Waals surface area (Å²) in [6.45, 7) is 2.79. The van der Waals surface area contributed by atoms with Crippen molar-refractivity contribution in [1.29, 1.82) is 0 Å². The first-order chi connectivity index (χ1) is 11.2. The van der Waals surface area contributed by atoms with Crippen LogP contribution in [0.3, 0.4) is 0 Å². The van der Waals surface area contributed by atoms with Crippen molar-refractivity contribution < 1.29 is 26.3 Å². The maximum Gasteiger partial charge on any atom is 0.286 e. The molecule has 0 unspecified atom stereocenters. The predicted molar refractivity (Wildman–Crippen MR) is 94.2 cm³/mol. The topological polar surface area (TPSA) is 20.3 Å². The summed E-state index contributed by atoms with van der Waals surface area (Å²) in [5, 5.41) is 0. The second kappa shape index (κ2) is 6.90. The molecule has 0 bridgehead atoms. The number of quaternary nitrogens is 1. The Labute approximate surface area is 158 Å². The molecule has 2 aromatic carbocycles. The third kappa shape index (κ3) is 3.13. The fraction of sp³-hybridized carbons (Fsp3) is 0.316. The van der Waals surface area contributed by atoms with E-state index in [1.807, 2.05) is 29.2 Å². The summed E-state index contributed by atoms with van der Waals surface area (Å²) in [4.78, 5) is 17.4. The van der Waals surface area contributed by atoms with Gasteiger partial charge in [0.1, 0.15) is 0 Å². The van der Waals surface area contributed by atoms with Crippen LogP contribution in [0, 0.1) is 0 Å². The molecule has 2 heterocycles. The highest BCUT2D eigenvalue weighted by atomic mass is 79.9. The summed E-state index contributed by atoms with van der Waals surface area (Å²) >= 11 is 1.75. The molecular weight excluding hydrogens is 384 g/mol. The Kier molecular flexibility index (Phi) is 5.04. The number of rotatable bonds is 2. The minimum atomic E-state index is 0. The molecule has 0 aliphatic carbocycles. The number of fused-ring (bicyclic) bond motifs is 2. The molecule has 1 fully saturated rings. The number of halogens is 1. The summed E-state index contributed by atoms with van der Waals surface area (Å²) in [7, 11) is 2.21. The highest BCUT2D eigenvalue weighted by molar-refractivity contribution is 7.99. The van der Waals surface area contributed by atoms with Gasteiger partial charge in [-0.25, -0.2) is 0 Å². The van der Waals surface area contributed by atoms with Gasteiger partial charge in [-0.1, -0.05) is 36.0 Å². The predicted octanol–water partition coefficient (Wildman–Crippen LogP) is 1.06. The van der Waals surface area contributed by atoms with Gasteiger partial charge in [-0.05, 0) is 24.3 Å². The normalized spacial score (nSPS) is 17.6. The summed E-state index contributed by atoms with van der Waals surface area (Å²) < 4.78 is 0.868. The van der Waals surface area contributed by atoms with Crippen LogP contribution in [-0.4, -0.2) is 37.1 Å². The van der Waals surface area contributed by atoms with E-state index >= 15 is 0 Å². The van der Waals surface area contributed by atoms with E-state index in [-0.39, 0.29) is 22.9 Å². The molecule has 5 heteroatoms. The Bertz CT molecular complexity index is 713. The summed E-state index contributed by atoms with van der Waals surface area (Å²) in [6, 6.07) is 16.4. The van der Waals surface area contributed by atoms with Crippen LogP contribution in [0.5, 0.6) is 0 Å². The Morgan fingerprint density at radius 3 is 2.04 bits per heavy atom. The van der Waals surface area contributed by atoms with Crippen molar-refractivity contribution in [2.45, 2.75) is 22.6 Å². The lowest BCUT2D eigenvalue weighted by Gasteiger charge is -2.34. The lowest BCUT2D eigenvalue weighted by molar-refractivity contribution is -0.889. The molecular formula is C19H21BrN2OS. The lowest BCUT2D eigenvalue weighted by Crippen LogP contribution is -3.00. The summed E-state index contributed by atoms with van der Waals surface area (Å²) in [6.07, 6.45) is 2.46. The van der Waals surface area contributed by atoms with Crippen LogP contribution >= 0.6 is 11.8 Å². The monoisotopic (exact) mass is 404 g/mol. The van der Waals surface area contributed by atoms with Gasteiger partial charge in [0.2, 0.25) is 0 Å². The van der Waals surface area contributed by atoms with Gasteiger partial charge in [-0.15, -0.1) is 0 Å². The zero-order valence-electron chi connectivity index (χ0n) is 13.7. The lowest BCUT2D eigenvalue weighted by atomic mass is 10.2. The number of carbonyl (C=O) groups is 1. The standard InChI is InChI=1S/C19H21N2OS.BrH/c1-21(12-6-7-13-21)14-19(22)20-15-8-2-4-10-17(15)23-18-11-5-3-9-16(18)20;/h2-5,8-11H,6-7,12-14H2,1H3;1H/q+1;/p-1. The van der Waals surface area contributed by atoms with Crippen molar-refractivity contribution in [3.63, 3.8) is 0 Å². The van der Waals surface area contributed by atoms with Gasteiger partial charge in [-0.2, -0.15) is 0 Å². The molecule has 2 aliphatic heterocycles. The van der Waals surface area contributed by atoms with Crippen LogP contribution in [0.4, 0.5) is 11.4 Å². The molecule has 4 rings (SSSR count). The van der Waals surface area contributed by atoms with Crippen LogP contribution in [0.25, 0.3) is 0 Å². The van der Waals surface area contributed by atoms with Crippen molar-refractivity contribution in [3.05, 3.63) is 48.5 Å². The largest absolute Gasteiger partial charge is 1.00 e. The van der Waals surface area contributed by atoms with Gasteiger partial charge in [0.05, 0.1) is 31.5 Å². The fourth-order valence-corrected chi connectivity index (χ4v) is 4.69. The summed E-state index contributed by atoms with van der Waals surface area (Å²) in [5.41, 5.74) is 2.04. The van der Waals surface area contributed by atoms with E-state index in [0.717, 1.165) is 38.7 Å². The zero-order valence-corrected chi connectivity index (χ0v) is 16.1. The molecule has 0 saturated carbocycles. The van der Waals surface area contributed by atoms with Crippen molar-refractivity contribution in [2.24, 2.45) is 0 Å². The zero-order chi connectivity index (χ0) is 15.9. The van der Waals surface area contributed by atoms with Gasteiger partial charge in [0.15, 0.2) is 6.54 Å². The molecule has 0 spiro atoms. The van der Waals surface area contributed by atoms with Crippen molar-refractivity contribution >= 4 is 29.0 Å². The minimum Gasteiger partial charge on any atom is -1.00 e. The number of hydrogen-bond donors (Lipinski definition) is 0. The van der Waals surface area contributed by atoms with E-state index in [2.05, 4.69) is 31.3 Å². The molecule has 2 aliphatic rings. The van der Waals surface area contributed by atoms with E-state index in [9.17, 15) is 4.79 Å².